The van der Waals surface area contributed by atoms with E-state index >= 15 is 0 Å². The zero-order valence-corrected chi connectivity index (χ0v) is 16.7. The third-order valence-electron chi connectivity index (χ3n) is 5.22. The number of piperidine rings is 1. The minimum absolute atomic E-state index is 0.0476. The minimum Gasteiger partial charge on any atom is -0.493 e. The van der Waals surface area contributed by atoms with Crippen LogP contribution in [-0.2, 0) is 11.3 Å². The van der Waals surface area contributed by atoms with Crippen LogP contribution >= 0.6 is 0 Å². The van der Waals surface area contributed by atoms with Crippen molar-refractivity contribution in [2.45, 2.75) is 32.4 Å². The van der Waals surface area contributed by atoms with E-state index in [0.29, 0.717) is 24.0 Å². The lowest BCUT2D eigenvalue weighted by molar-refractivity contribution is -0.125. The highest BCUT2D eigenvalue weighted by Gasteiger charge is 2.23. The molecule has 2 rings (SSSR count). The van der Waals surface area contributed by atoms with Crippen LogP contribution in [-0.4, -0.2) is 69.7 Å². The Morgan fingerprint density at radius 1 is 1.35 bits per heavy atom. The van der Waals surface area contributed by atoms with Crippen LogP contribution in [0, 0.1) is 5.92 Å². The van der Waals surface area contributed by atoms with E-state index in [9.17, 15) is 4.79 Å². The van der Waals surface area contributed by atoms with Crippen LogP contribution < -0.4 is 14.8 Å². The van der Waals surface area contributed by atoms with Gasteiger partial charge in [0.2, 0.25) is 5.91 Å². The Balaban J connectivity index is 1.84. The first-order valence-electron chi connectivity index (χ1n) is 9.32. The van der Waals surface area contributed by atoms with Crippen LogP contribution in [0.5, 0.6) is 11.5 Å². The SMILES string of the molecule is COc1ccc(CNC(=O)C(C)N(C)CC2CCCN(C)C2)cc1OC. The maximum Gasteiger partial charge on any atom is 0.237 e. The van der Waals surface area contributed by atoms with E-state index in [1.54, 1.807) is 14.2 Å². The van der Waals surface area contributed by atoms with Crippen molar-refractivity contribution >= 4 is 5.91 Å². The summed E-state index contributed by atoms with van der Waals surface area (Å²) < 4.78 is 10.6. The molecule has 1 N–H and O–H groups in total. The number of hydrogen-bond donors (Lipinski definition) is 1. The molecule has 1 fully saturated rings. The molecule has 1 amide bonds. The number of amides is 1. The van der Waals surface area contributed by atoms with Crippen molar-refractivity contribution in [1.82, 2.24) is 15.1 Å². The molecule has 1 aliphatic heterocycles. The highest BCUT2D eigenvalue weighted by Crippen LogP contribution is 2.27. The molecule has 0 bridgehead atoms. The number of nitrogens with one attached hydrogen (secondary N) is 1. The Hall–Kier alpha value is -1.79. The van der Waals surface area contributed by atoms with Crippen LogP contribution in [0.25, 0.3) is 0 Å². The van der Waals surface area contributed by atoms with Gasteiger partial charge in [0.15, 0.2) is 11.5 Å². The first-order valence-corrected chi connectivity index (χ1v) is 9.32. The topological polar surface area (TPSA) is 54.0 Å². The fourth-order valence-electron chi connectivity index (χ4n) is 3.52. The fourth-order valence-corrected chi connectivity index (χ4v) is 3.52. The highest BCUT2D eigenvalue weighted by atomic mass is 16.5. The predicted molar refractivity (Wildman–Crippen MR) is 104 cm³/mol. The molecule has 0 aromatic heterocycles. The third-order valence-corrected chi connectivity index (χ3v) is 5.22. The number of nitrogens with zero attached hydrogens (tertiary/aromatic N) is 2. The molecule has 1 aliphatic rings. The van der Waals surface area contributed by atoms with E-state index in [4.69, 9.17) is 9.47 Å². The number of ether oxygens (including phenoxy) is 2. The Labute approximate surface area is 157 Å². The molecule has 2 atom stereocenters. The Morgan fingerprint density at radius 3 is 2.73 bits per heavy atom. The molecule has 1 aromatic rings. The number of likely N-dealkylation sites (N-methyl/N-ethyl adjacent to an activating group) is 1. The second-order valence-corrected chi connectivity index (χ2v) is 7.29. The molecule has 6 heteroatoms. The maximum absolute atomic E-state index is 12.5. The van der Waals surface area contributed by atoms with Crippen LogP contribution in [0.4, 0.5) is 0 Å². The number of likely N-dealkylation sites (tertiary alicyclic amines) is 1. The second kappa shape index (κ2) is 9.78. The summed E-state index contributed by atoms with van der Waals surface area (Å²) in [6, 6.07) is 5.54. The number of carbonyl (C=O) groups excluding carboxylic acids is 1. The third kappa shape index (κ3) is 5.61. The number of methoxy groups -OCH3 is 2. The van der Waals surface area contributed by atoms with E-state index in [-0.39, 0.29) is 11.9 Å². The molecule has 1 aromatic carbocycles. The summed E-state index contributed by atoms with van der Waals surface area (Å²) in [5, 5.41) is 3.03. The molecule has 6 nitrogen and oxygen atoms in total. The number of hydrogen-bond acceptors (Lipinski definition) is 5. The summed E-state index contributed by atoms with van der Waals surface area (Å²) in [6.07, 6.45) is 2.49. The summed E-state index contributed by atoms with van der Waals surface area (Å²) in [7, 11) is 7.43. The number of benzene rings is 1. The van der Waals surface area contributed by atoms with Crippen molar-refractivity contribution in [3.63, 3.8) is 0 Å². The van der Waals surface area contributed by atoms with Gasteiger partial charge in [0.05, 0.1) is 20.3 Å². The van der Waals surface area contributed by atoms with Gasteiger partial charge in [-0.2, -0.15) is 0 Å². The van der Waals surface area contributed by atoms with E-state index in [2.05, 4.69) is 22.2 Å². The van der Waals surface area contributed by atoms with Gasteiger partial charge >= 0.3 is 0 Å². The van der Waals surface area contributed by atoms with Crippen LogP contribution in [0.2, 0.25) is 0 Å². The van der Waals surface area contributed by atoms with E-state index in [1.165, 1.54) is 19.4 Å². The van der Waals surface area contributed by atoms with Crippen LogP contribution in [0.15, 0.2) is 18.2 Å². The van der Waals surface area contributed by atoms with Crippen molar-refractivity contribution < 1.29 is 14.3 Å². The van der Waals surface area contributed by atoms with Gasteiger partial charge in [-0.15, -0.1) is 0 Å². The standard InChI is InChI=1S/C20H33N3O3/c1-15(23(3)14-17-7-6-10-22(2)13-17)20(24)21-12-16-8-9-18(25-4)19(11-16)26-5/h8-9,11,15,17H,6-7,10,12-14H2,1-5H3,(H,21,24). The fraction of sp³-hybridized carbons (Fsp3) is 0.650. The van der Waals surface area contributed by atoms with Crippen LogP contribution in [0.3, 0.4) is 0 Å². The summed E-state index contributed by atoms with van der Waals surface area (Å²) in [4.78, 5) is 17.1. The van der Waals surface area contributed by atoms with Crippen LogP contribution in [0.1, 0.15) is 25.3 Å². The van der Waals surface area contributed by atoms with Gasteiger partial charge in [-0.05, 0) is 64.0 Å². The summed E-state index contributed by atoms with van der Waals surface area (Å²) in [6.45, 7) is 5.70. The first kappa shape index (κ1) is 20.5. The Kier molecular flexibility index (Phi) is 7.72. The van der Waals surface area contributed by atoms with E-state index in [1.807, 2.05) is 32.2 Å². The highest BCUT2D eigenvalue weighted by molar-refractivity contribution is 5.81. The van der Waals surface area contributed by atoms with Gasteiger partial charge in [-0.25, -0.2) is 0 Å². The van der Waals surface area contributed by atoms with Gasteiger partial charge in [-0.1, -0.05) is 6.07 Å². The smallest absolute Gasteiger partial charge is 0.237 e. The summed E-state index contributed by atoms with van der Waals surface area (Å²) in [5.74, 6) is 2.05. The molecule has 0 radical (unpaired) electrons. The lowest BCUT2D eigenvalue weighted by Gasteiger charge is -2.34. The average molecular weight is 364 g/mol. The zero-order valence-electron chi connectivity index (χ0n) is 16.7. The van der Waals surface area contributed by atoms with E-state index < -0.39 is 0 Å². The molecule has 146 valence electrons. The normalized spacial score (nSPS) is 19.2. The van der Waals surface area contributed by atoms with Gasteiger partial charge in [-0.3, -0.25) is 9.69 Å². The van der Waals surface area contributed by atoms with Gasteiger partial charge in [0, 0.05) is 19.6 Å². The number of rotatable bonds is 8. The Bertz CT molecular complexity index is 594. The molecule has 1 heterocycles. The van der Waals surface area contributed by atoms with Gasteiger partial charge in [0.1, 0.15) is 0 Å². The lowest BCUT2D eigenvalue weighted by Crippen LogP contribution is -2.46. The second-order valence-electron chi connectivity index (χ2n) is 7.29. The summed E-state index contributed by atoms with van der Waals surface area (Å²) in [5.41, 5.74) is 0.986. The van der Waals surface area contributed by atoms with E-state index in [0.717, 1.165) is 18.7 Å². The lowest BCUT2D eigenvalue weighted by atomic mass is 9.97. The molecule has 0 aliphatic carbocycles. The van der Waals surface area contributed by atoms with Crippen molar-refractivity contribution in [2.24, 2.45) is 5.92 Å². The maximum atomic E-state index is 12.5. The van der Waals surface area contributed by atoms with Crippen molar-refractivity contribution in [3.05, 3.63) is 23.8 Å². The van der Waals surface area contributed by atoms with Gasteiger partial charge in [0.25, 0.3) is 0 Å². The molecular formula is C20H33N3O3. The zero-order chi connectivity index (χ0) is 19.1. The quantitative estimate of drug-likeness (QED) is 0.765. The molecule has 0 saturated carbocycles. The van der Waals surface area contributed by atoms with Crippen molar-refractivity contribution in [1.29, 1.82) is 0 Å². The Morgan fingerprint density at radius 2 is 2.08 bits per heavy atom. The molecule has 26 heavy (non-hydrogen) atoms. The van der Waals surface area contributed by atoms with Gasteiger partial charge < -0.3 is 19.7 Å². The molecular weight excluding hydrogens is 330 g/mol. The number of carbonyl (C=O) groups is 1. The average Bonchev–Trinajstić information content (AvgIpc) is 2.65. The van der Waals surface area contributed by atoms with Crippen molar-refractivity contribution in [2.75, 3.05) is 47.9 Å². The summed E-state index contributed by atoms with van der Waals surface area (Å²) >= 11 is 0. The first-order chi connectivity index (χ1) is 12.4. The largest absolute Gasteiger partial charge is 0.493 e. The molecule has 0 spiro atoms. The van der Waals surface area contributed by atoms with Crippen molar-refractivity contribution in [3.8, 4) is 11.5 Å². The minimum atomic E-state index is -0.151. The molecule has 2 unspecified atom stereocenters. The predicted octanol–water partition coefficient (Wildman–Crippen LogP) is 1.98. The molecule has 1 saturated heterocycles. The monoisotopic (exact) mass is 363 g/mol.